The Kier molecular flexibility index (Phi) is 7.72. The zero-order chi connectivity index (χ0) is 29.1. The molecule has 0 saturated carbocycles. The van der Waals surface area contributed by atoms with Crippen LogP contribution in [0.3, 0.4) is 0 Å². The Morgan fingerprint density at radius 2 is 1.64 bits per heavy atom. The van der Waals surface area contributed by atoms with E-state index in [-0.39, 0.29) is 17.7 Å². The van der Waals surface area contributed by atoms with E-state index in [0.717, 1.165) is 42.4 Å². The summed E-state index contributed by atoms with van der Waals surface area (Å²) in [7, 11) is 2.14. The molecule has 1 saturated heterocycles. The zero-order valence-corrected chi connectivity index (χ0v) is 23.8. The largest absolute Gasteiger partial charge is 0.369 e. The predicted molar refractivity (Wildman–Crippen MR) is 170 cm³/mol. The Labute approximate surface area is 247 Å². The van der Waals surface area contributed by atoms with Gasteiger partial charge in [-0.2, -0.15) is 0 Å². The van der Waals surface area contributed by atoms with Crippen LogP contribution in [0.1, 0.15) is 21.5 Å². The van der Waals surface area contributed by atoms with Gasteiger partial charge in [-0.05, 0) is 67.0 Å². The van der Waals surface area contributed by atoms with Crippen LogP contribution in [0, 0.1) is 0 Å². The van der Waals surface area contributed by atoms with Gasteiger partial charge in [-0.1, -0.05) is 24.3 Å². The summed E-state index contributed by atoms with van der Waals surface area (Å²) in [5.41, 5.74) is 5.21. The highest BCUT2D eigenvalue weighted by Gasteiger charge is 2.25. The van der Waals surface area contributed by atoms with E-state index in [1.54, 1.807) is 54.7 Å². The van der Waals surface area contributed by atoms with E-state index in [2.05, 4.69) is 50.2 Å². The van der Waals surface area contributed by atoms with Crippen molar-refractivity contribution in [1.29, 1.82) is 0 Å². The Balaban J connectivity index is 1.12. The number of nitrogens with zero attached hydrogens (tertiary/aromatic N) is 2. The molecule has 0 radical (unpaired) electrons. The highest BCUT2D eigenvalue weighted by molar-refractivity contribution is 7.14. The second-order valence-corrected chi connectivity index (χ2v) is 11.2. The van der Waals surface area contributed by atoms with Crippen LogP contribution < -0.4 is 26.2 Å². The number of amides is 3. The van der Waals surface area contributed by atoms with Gasteiger partial charge in [0.25, 0.3) is 5.91 Å². The summed E-state index contributed by atoms with van der Waals surface area (Å²) in [6.45, 7) is 4.10. The maximum absolute atomic E-state index is 13.3. The molecule has 42 heavy (non-hydrogen) atoms. The molecule has 2 aliphatic heterocycles. The molecule has 0 bridgehead atoms. The number of rotatable bonds is 7. The van der Waals surface area contributed by atoms with E-state index >= 15 is 0 Å². The summed E-state index contributed by atoms with van der Waals surface area (Å²) >= 11 is 1.42. The van der Waals surface area contributed by atoms with Gasteiger partial charge in [-0.15, -0.1) is 11.3 Å². The number of benzene rings is 3. The summed E-state index contributed by atoms with van der Waals surface area (Å²) in [6.07, 6.45) is 1.70. The number of hydrogen-bond donors (Lipinski definition) is 4. The molecule has 4 N–H and O–H groups in total. The van der Waals surface area contributed by atoms with Gasteiger partial charge < -0.3 is 25.8 Å². The number of piperazine rings is 1. The molecule has 9 nitrogen and oxygen atoms in total. The fourth-order valence-corrected chi connectivity index (χ4v) is 5.61. The minimum Gasteiger partial charge on any atom is -0.369 e. The van der Waals surface area contributed by atoms with E-state index in [0.29, 0.717) is 28.1 Å². The number of nitrogens with one attached hydrogen (secondary N) is 4. The van der Waals surface area contributed by atoms with Gasteiger partial charge in [0, 0.05) is 71.8 Å². The third-order valence-electron chi connectivity index (χ3n) is 7.32. The number of thiophene rings is 1. The fraction of sp³-hybridized carbons (Fsp3) is 0.156. The first kappa shape index (κ1) is 27.3. The van der Waals surface area contributed by atoms with Gasteiger partial charge in [0.15, 0.2) is 5.78 Å². The minimum absolute atomic E-state index is 0.217. The first-order valence-electron chi connectivity index (χ1n) is 13.7. The highest BCUT2D eigenvalue weighted by atomic mass is 32.1. The standard InChI is InChI=1S/C32H30N6O3S/c1-37-13-15-38(16-14-37)25-10-8-23(9-11-25)33-20-27-26-12-7-22(19-28(26)35-31(27)40)30(39)21-4-2-5-24(18-21)34-32(41)36-29-6-3-17-42-29/h2-12,17-20,33H,13-16H2,1H3,(H,35,40)(H2,34,36,41). The van der Waals surface area contributed by atoms with Crippen LogP contribution in [0.2, 0.25) is 0 Å². The molecule has 1 fully saturated rings. The van der Waals surface area contributed by atoms with Gasteiger partial charge in [-0.3, -0.25) is 14.9 Å². The average molecular weight is 579 g/mol. The topological polar surface area (TPSA) is 106 Å². The minimum atomic E-state index is -0.388. The van der Waals surface area contributed by atoms with Crippen LogP contribution in [0.5, 0.6) is 0 Å². The van der Waals surface area contributed by atoms with Crippen LogP contribution in [0.25, 0.3) is 5.57 Å². The van der Waals surface area contributed by atoms with Gasteiger partial charge in [0.05, 0.1) is 10.6 Å². The molecular weight excluding hydrogens is 548 g/mol. The lowest BCUT2D eigenvalue weighted by Gasteiger charge is -2.34. The number of likely N-dealkylation sites (N-methyl/N-ethyl adjacent to an activating group) is 1. The van der Waals surface area contributed by atoms with Crippen molar-refractivity contribution in [2.45, 2.75) is 0 Å². The smallest absolute Gasteiger partial charge is 0.324 e. The molecule has 1 aromatic heterocycles. The number of urea groups is 1. The summed E-state index contributed by atoms with van der Waals surface area (Å²) in [5.74, 6) is -0.454. The first-order chi connectivity index (χ1) is 20.4. The molecule has 3 aromatic carbocycles. The lowest BCUT2D eigenvalue weighted by atomic mass is 9.99. The van der Waals surface area contributed by atoms with Crippen molar-refractivity contribution in [3.63, 3.8) is 0 Å². The second kappa shape index (κ2) is 11.9. The Bertz CT molecular complexity index is 1660. The number of carbonyl (C=O) groups is 3. The number of hydrogen-bond acceptors (Lipinski definition) is 7. The zero-order valence-electron chi connectivity index (χ0n) is 23.0. The van der Waals surface area contributed by atoms with Gasteiger partial charge in [0.2, 0.25) is 0 Å². The molecule has 2 aliphatic rings. The van der Waals surface area contributed by atoms with Crippen molar-refractivity contribution in [2.75, 3.05) is 59.4 Å². The summed E-state index contributed by atoms with van der Waals surface area (Å²) in [5, 5.41) is 14.2. The second-order valence-electron chi connectivity index (χ2n) is 10.2. The van der Waals surface area contributed by atoms with E-state index in [1.807, 2.05) is 23.6 Å². The normalized spacial score (nSPS) is 15.7. The van der Waals surface area contributed by atoms with Crippen LogP contribution in [0.15, 0.2) is 90.4 Å². The SMILES string of the molecule is CN1CCN(c2ccc(NC=C3C(=O)Nc4cc(C(=O)c5cccc(NC(=O)Nc6cccs6)c5)ccc43)cc2)CC1. The van der Waals surface area contributed by atoms with E-state index < -0.39 is 0 Å². The van der Waals surface area contributed by atoms with Crippen molar-refractivity contribution in [2.24, 2.45) is 0 Å². The Morgan fingerprint density at radius 3 is 2.40 bits per heavy atom. The lowest BCUT2D eigenvalue weighted by Crippen LogP contribution is -2.44. The van der Waals surface area contributed by atoms with Crippen LogP contribution >= 0.6 is 11.3 Å². The van der Waals surface area contributed by atoms with Crippen molar-refractivity contribution >= 4 is 62.4 Å². The quantitative estimate of drug-likeness (QED) is 0.164. The van der Waals surface area contributed by atoms with Gasteiger partial charge in [-0.25, -0.2) is 4.79 Å². The summed E-state index contributed by atoms with van der Waals surface area (Å²) in [4.78, 5) is 43.1. The van der Waals surface area contributed by atoms with Crippen LogP contribution in [0.4, 0.5) is 32.5 Å². The number of carbonyl (C=O) groups excluding carboxylic acids is 3. The molecule has 3 heterocycles. The molecule has 0 spiro atoms. The molecule has 6 rings (SSSR count). The van der Waals surface area contributed by atoms with Crippen molar-refractivity contribution in [1.82, 2.24) is 4.90 Å². The molecule has 0 atom stereocenters. The Morgan fingerprint density at radius 1 is 0.857 bits per heavy atom. The lowest BCUT2D eigenvalue weighted by molar-refractivity contribution is -0.110. The van der Waals surface area contributed by atoms with E-state index in [1.165, 1.54) is 17.0 Å². The summed E-state index contributed by atoms with van der Waals surface area (Å²) in [6, 6.07) is 23.4. The van der Waals surface area contributed by atoms with Crippen molar-refractivity contribution < 1.29 is 14.4 Å². The number of anilines is 5. The number of fused-ring (bicyclic) bond motifs is 1. The van der Waals surface area contributed by atoms with Crippen LogP contribution in [-0.2, 0) is 4.79 Å². The maximum atomic E-state index is 13.3. The van der Waals surface area contributed by atoms with Crippen molar-refractivity contribution in [3.8, 4) is 0 Å². The van der Waals surface area contributed by atoms with Crippen LogP contribution in [-0.4, -0.2) is 55.8 Å². The molecular formula is C32H30N6O3S. The molecule has 3 amide bonds. The van der Waals surface area contributed by atoms with E-state index in [4.69, 9.17) is 0 Å². The molecule has 212 valence electrons. The third-order valence-corrected chi connectivity index (χ3v) is 8.11. The summed E-state index contributed by atoms with van der Waals surface area (Å²) < 4.78 is 0. The molecule has 0 unspecified atom stereocenters. The molecule has 4 aromatic rings. The Hall–Kier alpha value is -4.93. The van der Waals surface area contributed by atoms with Gasteiger partial charge in [0.1, 0.15) is 0 Å². The van der Waals surface area contributed by atoms with E-state index in [9.17, 15) is 14.4 Å². The monoisotopic (exact) mass is 578 g/mol. The van der Waals surface area contributed by atoms with Gasteiger partial charge >= 0.3 is 6.03 Å². The number of ketones is 1. The van der Waals surface area contributed by atoms with Crippen molar-refractivity contribution in [3.05, 3.63) is 107 Å². The molecule has 10 heteroatoms. The highest BCUT2D eigenvalue weighted by Crippen LogP contribution is 2.33. The third kappa shape index (κ3) is 6.04. The molecule has 0 aliphatic carbocycles. The first-order valence-corrected chi connectivity index (χ1v) is 14.5. The average Bonchev–Trinajstić information content (AvgIpc) is 3.62. The predicted octanol–water partition coefficient (Wildman–Crippen LogP) is 5.78. The fourth-order valence-electron chi connectivity index (χ4n) is 5.00. The maximum Gasteiger partial charge on any atom is 0.324 e.